The lowest BCUT2D eigenvalue weighted by Gasteiger charge is -2.10. The fourth-order valence-corrected chi connectivity index (χ4v) is 4.17. The summed E-state index contributed by atoms with van der Waals surface area (Å²) in [6.07, 6.45) is 3.77. The van der Waals surface area contributed by atoms with Crippen molar-refractivity contribution in [3.05, 3.63) is 45.3 Å². The van der Waals surface area contributed by atoms with E-state index in [9.17, 15) is 19.7 Å². The molecule has 1 aromatic carbocycles. The van der Waals surface area contributed by atoms with E-state index in [2.05, 4.69) is 5.32 Å². The second-order valence-electron chi connectivity index (χ2n) is 6.35. The van der Waals surface area contributed by atoms with Gasteiger partial charge in [-0.15, -0.1) is 11.3 Å². The SMILES string of the molecule is CCOC(=O)c1sc(-c2cccc([N+](=O)[O-])c2)cc1NC(=O)C1CCCC1. The van der Waals surface area contributed by atoms with Crippen molar-refractivity contribution < 1.29 is 19.2 Å². The molecule has 0 aliphatic heterocycles. The number of anilines is 1. The molecule has 3 rings (SSSR count). The second kappa shape index (κ2) is 8.30. The molecule has 1 aliphatic rings. The molecular weight excluding hydrogens is 368 g/mol. The van der Waals surface area contributed by atoms with Crippen LogP contribution < -0.4 is 5.32 Å². The van der Waals surface area contributed by atoms with Crippen LogP contribution in [0.15, 0.2) is 30.3 Å². The maximum absolute atomic E-state index is 12.5. The largest absolute Gasteiger partial charge is 0.462 e. The van der Waals surface area contributed by atoms with Crippen molar-refractivity contribution in [2.75, 3.05) is 11.9 Å². The molecule has 27 heavy (non-hydrogen) atoms. The first-order chi connectivity index (χ1) is 13.0. The van der Waals surface area contributed by atoms with Gasteiger partial charge in [0.15, 0.2) is 0 Å². The summed E-state index contributed by atoms with van der Waals surface area (Å²) in [5.41, 5.74) is 0.980. The third kappa shape index (κ3) is 4.33. The van der Waals surface area contributed by atoms with Crippen LogP contribution in [0.4, 0.5) is 11.4 Å². The molecule has 2 aromatic rings. The van der Waals surface area contributed by atoms with Crippen LogP contribution in [0.3, 0.4) is 0 Å². The molecule has 0 unspecified atom stereocenters. The lowest BCUT2D eigenvalue weighted by Crippen LogP contribution is -2.21. The first kappa shape index (κ1) is 19.0. The summed E-state index contributed by atoms with van der Waals surface area (Å²) < 4.78 is 5.10. The molecule has 1 N–H and O–H groups in total. The molecule has 1 amide bonds. The zero-order chi connectivity index (χ0) is 19.4. The average molecular weight is 388 g/mol. The number of non-ortho nitro benzene ring substituents is 1. The van der Waals surface area contributed by atoms with Gasteiger partial charge >= 0.3 is 5.97 Å². The third-order valence-corrected chi connectivity index (χ3v) is 5.68. The number of hydrogen-bond acceptors (Lipinski definition) is 6. The van der Waals surface area contributed by atoms with E-state index in [4.69, 9.17) is 4.74 Å². The highest BCUT2D eigenvalue weighted by Gasteiger charge is 2.26. The molecular formula is C19H20N2O5S. The van der Waals surface area contributed by atoms with E-state index in [0.29, 0.717) is 21.0 Å². The number of amides is 1. The van der Waals surface area contributed by atoms with Crippen molar-refractivity contribution in [2.45, 2.75) is 32.6 Å². The van der Waals surface area contributed by atoms with Gasteiger partial charge in [0.1, 0.15) is 4.88 Å². The molecule has 8 heteroatoms. The summed E-state index contributed by atoms with van der Waals surface area (Å²) in [5.74, 6) is -0.649. The van der Waals surface area contributed by atoms with Crippen LogP contribution in [0.25, 0.3) is 10.4 Å². The van der Waals surface area contributed by atoms with Crippen LogP contribution >= 0.6 is 11.3 Å². The van der Waals surface area contributed by atoms with E-state index < -0.39 is 10.9 Å². The highest BCUT2D eigenvalue weighted by Crippen LogP contribution is 2.37. The van der Waals surface area contributed by atoms with Gasteiger partial charge in [0.2, 0.25) is 5.91 Å². The number of nitro benzene ring substituents is 1. The monoisotopic (exact) mass is 388 g/mol. The first-order valence-electron chi connectivity index (χ1n) is 8.86. The van der Waals surface area contributed by atoms with Crippen LogP contribution in [0.2, 0.25) is 0 Å². The normalized spacial score (nSPS) is 14.1. The number of nitrogens with one attached hydrogen (secondary N) is 1. The van der Waals surface area contributed by atoms with Crippen LogP contribution in [0, 0.1) is 16.0 Å². The fourth-order valence-electron chi connectivity index (χ4n) is 3.17. The molecule has 1 aromatic heterocycles. The van der Waals surface area contributed by atoms with E-state index in [-0.39, 0.29) is 24.1 Å². The summed E-state index contributed by atoms with van der Waals surface area (Å²) in [6.45, 7) is 1.93. The molecule has 0 spiro atoms. The topological polar surface area (TPSA) is 98.5 Å². The van der Waals surface area contributed by atoms with Crippen LogP contribution in [0.5, 0.6) is 0 Å². The number of nitrogens with zero attached hydrogens (tertiary/aromatic N) is 1. The average Bonchev–Trinajstić information content (AvgIpc) is 3.32. The Morgan fingerprint density at radius 1 is 1.30 bits per heavy atom. The number of benzene rings is 1. The minimum Gasteiger partial charge on any atom is -0.462 e. The molecule has 142 valence electrons. The smallest absolute Gasteiger partial charge is 0.350 e. The summed E-state index contributed by atoms with van der Waals surface area (Å²) in [5, 5.41) is 13.9. The van der Waals surface area contributed by atoms with Gasteiger partial charge in [-0.3, -0.25) is 14.9 Å². The van der Waals surface area contributed by atoms with Crippen LogP contribution in [0.1, 0.15) is 42.3 Å². The molecule has 1 saturated carbocycles. The second-order valence-corrected chi connectivity index (χ2v) is 7.40. The molecule has 1 aliphatic carbocycles. The lowest BCUT2D eigenvalue weighted by molar-refractivity contribution is -0.384. The Morgan fingerprint density at radius 2 is 2.04 bits per heavy atom. The zero-order valence-electron chi connectivity index (χ0n) is 14.9. The van der Waals surface area contributed by atoms with Gasteiger partial charge in [0.25, 0.3) is 5.69 Å². The Morgan fingerprint density at radius 3 is 2.70 bits per heavy atom. The maximum atomic E-state index is 12.5. The predicted molar refractivity (Wildman–Crippen MR) is 103 cm³/mol. The minimum absolute atomic E-state index is 0.0323. The number of carbonyl (C=O) groups is 2. The molecule has 0 bridgehead atoms. The Hall–Kier alpha value is -2.74. The maximum Gasteiger partial charge on any atom is 0.350 e. The number of nitro groups is 1. The number of carbonyl (C=O) groups excluding carboxylic acids is 2. The molecule has 7 nitrogen and oxygen atoms in total. The van der Waals surface area contributed by atoms with Crippen molar-refractivity contribution >= 4 is 34.6 Å². The molecule has 0 saturated heterocycles. The number of thiophene rings is 1. The van der Waals surface area contributed by atoms with Crippen molar-refractivity contribution in [1.82, 2.24) is 0 Å². The van der Waals surface area contributed by atoms with Crippen molar-refractivity contribution in [3.63, 3.8) is 0 Å². The van der Waals surface area contributed by atoms with Crippen LogP contribution in [-0.4, -0.2) is 23.4 Å². The van der Waals surface area contributed by atoms with Crippen molar-refractivity contribution in [1.29, 1.82) is 0 Å². The van der Waals surface area contributed by atoms with Gasteiger partial charge in [0, 0.05) is 22.9 Å². The minimum atomic E-state index is -0.513. The van der Waals surface area contributed by atoms with Crippen molar-refractivity contribution in [2.24, 2.45) is 5.92 Å². The Kier molecular flexibility index (Phi) is 5.85. The van der Waals surface area contributed by atoms with Gasteiger partial charge < -0.3 is 10.1 Å². The highest BCUT2D eigenvalue weighted by molar-refractivity contribution is 7.18. The van der Waals surface area contributed by atoms with Gasteiger partial charge in [-0.25, -0.2) is 4.79 Å². The summed E-state index contributed by atoms with van der Waals surface area (Å²) >= 11 is 1.15. The Labute approximate surface area is 160 Å². The lowest BCUT2D eigenvalue weighted by atomic mass is 10.1. The predicted octanol–water partition coefficient (Wildman–Crippen LogP) is 4.63. The van der Waals surface area contributed by atoms with E-state index >= 15 is 0 Å². The van der Waals surface area contributed by atoms with E-state index in [0.717, 1.165) is 37.0 Å². The van der Waals surface area contributed by atoms with E-state index in [1.54, 1.807) is 25.1 Å². The van der Waals surface area contributed by atoms with E-state index in [1.165, 1.54) is 12.1 Å². The van der Waals surface area contributed by atoms with Gasteiger partial charge in [-0.05, 0) is 31.4 Å². The quantitative estimate of drug-likeness (QED) is 0.442. The third-order valence-electron chi connectivity index (χ3n) is 4.52. The summed E-state index contributed by atoms with van der Waals surface area (Å²) in [4.78, 5) is 36.3. The van der Waals surface area contributed by atoms with E-state index in [1.807, 2.05) is 0 Å². The Bertz CT molecular complexity index is 871. The van der Waals surface area contributed by atoms with Crippen LogP contribution in [-0.2, 0) is 9.53 Å². The number of rotatable bonds is 6. The number of hydrogen-bond donors (Lipinski definition) is 1. The first-order valence-corrected chi connectivity index (χ1v) is 9.68. The zero-order valence-corrected chi connectivity index (χ0v) is 15.7. The number of esters is 1. The number of ether oxygens (including phenoxy) is 1. The summed E-state index contributed by atoms with van der Waals surface area (Å²) in [6, 6.07) is 7.86. The highest BCUT2D eigenvalue weighted by atomic mass is 32.1. The van der Waals surface area contributed by atoms with Crippen molar-refractivity contribution in [3.8, 4) is 10.4 Å². The molecule has 1 heterocycles. The molecule has 0 radical (unpaired) electrons. The molecule has 1 fully saturated rings. The fraction of sp³-hybridized carbons (Fsp3) is 0.368. The Balaban J connectivity index is 1.93. The van der Waals surface area contributed by atoms with Gasteiger partial charge in [-0.1, -0.05) is 25.0 Å². The molecule has 0 atom stereocenters. The standard InChI is InChI=1S/C19H20N2O5S/c1-2-26-19(23)17-15(20-18(22)12-6-3-4-7-12)11-16(27-17)13-8-5-9-14(10-13)21(24)25/h5,8-12H,2-4,6-7H2,1H3,(H,20,22). The summed E-state index contributed by atoms with van der Waals surface area (Å²) in [7, 11) is 0. The van der Waals surface area contributed by atoms with Gasteiger partial charge in [-0.2, -0.15) is 0 Å². The van der Waals surface area contributed by atoms with Gasteiger partial charge in [0.05, 0.1) is 17.2 Å².